The van der Waals surface area contributed by atoms with E-state index in [-0.39, 0.29) is 34.2 Å². The topological polar surface area (TPSA) is 115 Å². The minimum Gasteiger partial charge on any atom is -0.376 e. The van der Waals surface area contributed by atoms with Gasteiger partial charge in [-0.2, -0.15) is 0 Å². The Balaban J connectivity index is 1.46. The Labute approximate surface area is 201 Å². The molecule has 12 heteroatoms. The number of benzene rings is 1. The second-order valence-electron chi connectivity index (χ2n) is 8.45. The molecular weight excluding hydrogens is 468 g/mol. The number of anilines is 2. The summed E-state index contributed by atoms with van der Waals surface area (Å²) in [6.45, 7) is 5.51. The van der Waals surface area contributed by atoms with E-state index in [0.717, 1.165) is 51.3 Å². The van der Waals surface area contributed by atoms with Crippen LogP contribution in [-0.4, -0.2) is 57.1 Å². The van der Waals surface area contributed by atoms with Crippen LogP contribution in [0.5, 0.6) is 0 Å². The molecule has 0 radical (unpaired) electrons. The van der Waals surface area contributed by atoms with Gasteiger partial charge in [-0.1, -0.05) is 30.3 Å². The molecule has 2 aromatic rings. The molecule has 1 aromatic heterocycles. The molecule has 2 aliphatic heterocycles. The van der Waals surface area contributed by atoms with Crippen molar-refractivity contribution in [3.05, 3.63) is 33.3 Å². The van der Waals surface area contributed by atoms with Crippen molar-refractivity contribution in [3.8, 4) is 0 Å². The number of thioether (sulfide) groups is 1. The maximum Gasteiger partial charge on any atom is 0.294 e. The lowest BCUT2D eigenvalue weighted by atomic mass is 10.00. The average molecular weight is 495 g/mol. The third-order valence-corrected chi connectivity index (χ3v) is 7.14. The molecule has 1 amide bonds. The molecule has 1 N–H and O–H groups in total. The van der Waals surface area contributed by atoms with Gasteiger partial charge in [0.05, 0.1) is 23.3 Å². The molecule has 1 unspecified atom stereocenters. The molecule has 0 aliphatic carbocycles. The van der Waals surface area contributed by atoms with Crippen molar-refractivity contribution < 1.29 is 14.5 Å². The Hall–Kier alpha value is -2.37. The zero-order chi connectivity index (χ0) is 23.4. The Bertz CT molecular complexity index is 1000. The fourth-order valence-corrected chi connectivity index (χ4v) is 4.97. The number of hydrogen-bond acceptors (Lipinski definition) is 8. The van der Waals surface area contributed by atoms with Gasteiger partial charge in [-0.25, -0.2) is 0 Å². The van der Waals surface area contributed by atoms with Crippen LogP contribution in [-0.2, 0) is 16.1 Å². The molecule has 3 heterocycles. The first-order valence-electron chi connectivity index (χ1n) is 11.1. The van der Waals surface area contributed by atoms with E-state index < -0.39 is 4.92 Å². The highest BCUT2D eigenvalue weighted by atomic mass is 35.5. The molecule has 0 saturated carbocycles. The van der Waals surface area contributed by atoms with Gasteiger partial charge < -0.3 is 15.0 Å². The van der Waals surface area contributed by atoms with Gasteiger partial charge in [-0.15, -0.1) is 10.2 Å². The summed E-state index contributed by atoms with van der Waals surface area (Å²) in [7, 11) is 0. The Morgan fingerprint density at radius 3 is 2.82 bits per heavy atom. The minimum atomic E-state index is -0.571. The van der Waals surface area contributed by atoms with Gasteiger partial charge in [-0.05, 0) is 43.7 Å². The first-order chi connectivity index (χ1) is 15.9. The lowest BCUT2D eigenvalue weighted by Gasteiger charge is -2.31. The summed E-state index contributed by atoms with van der Waals surface area (Å²) in [5.41, 5.74) is -0.136. The van der Waals surface area contributed by atoms with Crippen LogP contribution in [0.4, 0.5) is 17.3 Å². The highest BCUT2D eigenvalue weighted by Crippen LogP contribution is 2.30. The number of nitrogens with zero attached hydrogens (tertiary/aromatic N) is 5. The number of rotatable bonds is 8. The highest BCUT2D eigenvalue weighted by molar-refractivity contribution is 7.99. The van der Waals surface area contributed by atoms with E-state index in [1.807, 2.05) is 0 Å². The minimum absolute atomic E-state index is 0.0421. The lowest BCUT2D eigenvalue weighted by molar-refractivity contribution is -0.383. The lowest BCUT2D eigenvalue weighted by Crippen LogP contribution is -2.35. The third-order valence-electron chi connectivity index (χ3n) is 5.94. The molecule has 2 fully saturated rings. The standard InChI is InChI=1S/C21H27ClN6O4S/c1-14-6-8-26(9-7-14)20-24-25-21(27(20)12-16-3-2-10-32-16)33-13-19(29)23-17-5-4-15(22)11-18(17)28(30)31/h4-5,11,14,16H,2-3,6-10,12-13H2,1H3,(H,23,29). The van der Waals surface area contributed by atoms with E-state index in [2.05, 4.69) is 31.9 Å². The zero-order valence-corrected chi connectivity index (χ0v) is 20.0. The van der Waals surface area contributed by atoms with Crippen LogP contribution in [0.1, 0.15) is 32.6 Å². The largest absolute Gasteiger partial charge is 0.376 e. The van der Waals surface area contributed by atoms with E-state index in [4.69, 9.17) is 16.3 Å². The van der Waals surface area contributed by atoms with Gasteiger partial charge in [0.15, 0.2) is 5.16 Å². The maximum atomic E-state index is 12.6. The molecule has 0 bridgehead atoms. The van der Waals surface area contributed by atoms with Gasteiger partial charge in [-0.3, -0.25) is 19.5 Å². The number of hydrogen-bond donors (Lipinski definition) is 1. The van der Waals surface area contributed by atoms with Gasteiger partial charge in [0.25, 0.3) is 5.69 Å². The molecular formula is C21H27ClN6O4S. The normalized spacial score (nSPS) is 19.1. The molecule has 2 aliphatic rings. The quantitative estimate of drug-likeness (QED) is 0.333. The van der Waals surface area contributed by atoms with Crippen molar-refractivity contribution >= 4 is 46.6 Å². The third kappa shape index (κ3) is 5.96. The van der Waals surface area contributed by atoms with E-state index in [1.165, 1.54) is 30.0 Å². The maximum absolute atomic E-state index is 12.6. The molecule has 178 valence electrons. The number of ether oxygens (including phenoxy) is 1. The summed E-state index contributed by atoms with van der Waals surface area (Å²) in [6, 6.07) is 4.15. The Kier molecular flexibility index (Phi) is 7.71. The van der Waals surface area contributed by atoms with E-state index >= 15 is 0 Å². The first-order valence-corrected chi connectivity index (χ1v) is 12.4. The molecule has 2 saturated heterocycles. The fourth-order valence-electron chi connectivity index (χ4n) is 4.06. The fraction of sp³-hybridized carbons (Fsp3) is 0.571. The van der Waals surface area contributed by atoms with Crippen LogP contribution in [0.15, 0.2) is 23.4 Å². The number of nitro benzene ring substituents is 1. The molecule has 10 nitrogen and oxygen atoms in total. The summed E-state index contributed by atoms with van der Waals surface area (Å²) in [5.74, 6) is 1.19. The second-order valence-corrected chi connectivity index (χ2v) is 9.83. The van der Waals surface area contributed by atoms with Crippen LogP contribution in [0.25, 0.3) is 0 Å². The summed E-state index contributed by atoms with van der Waals surface area (Å²) >= 11 is 7.11. The molecule has 0 spiro atoms. The number of carbonyl (C=O) groups excluding carboxylic acids is 1. The van der Waals surface area contributed by atoms with Crippen LogP contribution in [0.2, 0.25) is 5.02 Å². The van der Waals surface area contributed by atoms with Gasteiger partial charge >= 0.3 is 0 Å². The van der Waals surface area contributed by atoms with E-state index in [1.54, 1.807) is 0 Å². The summed E-state index contributed by atoms with van der Waals surface area (Å²) in [5, 5.41) is 23.5. The van der Waals surface area contributed by atoms with Crippen LogP contribution >= 0.6 is 23.4 Å². The number of amides is 1. The summed E-state index contributed by atoms with van der Waals surface area (Å²) in [6.07, 6.45) is 4.34. The number of piperidine rings is 1. The molecule has 1 aromatic carbocycles. The predicted octanol–water partition coefficient (Wildman–Crippen LogP) is 3.99. The Morgan fingerprint density at radius 2 is 2.12 bits per heavy atom. The number of aromatic nitrogens is 3. The second kappa shape index (κ2) is 10.7. The number of nitro groups is 1. The zero-order valence-electron chi connectivity index (χ0n) is 18.4. The highest BCUT2D eigenvalue weighted by Gasteiger charge is 2.26. The van der Waals surface area contributed by atoms with Crippen molar-refractivity contribution in [1.82, 2.24) is 14.8 Å². The average Bonchev–Trinajstić information content (AvgIpc) is 3.44. The van der Waals surface area contributed by atoms with Crippen molar-refractivity contribution in [3.63, 3.8) is 0 Å². The van der Waals surface area contributed by atoms with E-state index in [9.17, 15) is 14.9 Å². The SMILES string of the molecule is CC1CCN(c2nnc(SCC(=O)Nc3ccc(Cl)cc3[N+](=O)[O-])n2CC2CCCO2)CC1. The van der Waals surface area contributed by atoms with Crippen LogP contribution in [0.3, 0.4) is 0 Å². The van der Waals surface area contributed by atoms with Crippen LogP contribution < -0.4 is 10.2 Å². The monoisotopic (exact) mass is 494 g/mol. The number of carbonyl (C=O) groups is 1. The molecule has 1 atom stereocenters. The van der Waals surface area contributed by atoms with Gasteiger partial charge in [0, 0.05) is 30.8 Å². The smallest absolute Gasteiger partial charge is 0.294 e. The number of halogens is 1. The molecule has 33 heavy (non-hydrogen) atoms. The summed E-state index contributed by atoms with van der Waals surface area (Å²) in [4.78, 5) is 25.5. The van der Waals surface area contributed by atoms with Crippen molar-refractivity contribution in [2.24, 2.45) is 5.92 Å². The van der Waals surface area contributed by atoms with Crippen LogP contribution in [0, 0.1) is 16.0 Å². The Morgan fingerprint density at radius 1 is 1.33 bits per heavy atom. The van der Waals surface area contributed by atoms with Crippen molar-refractivity contribution in [2.75, 3.05) is 35.7 Å². The predicted molar refractivity (Wildman–Crippen MR) is 127 cm³/mol. The van der Waals surface area contributed by atoms with Gasteiger partial charge in [0.2, 0.25) is 11.9 Å². The first kappa shape index (κ1) is 23.8. The van der Waals surface area contributed by atoms with Gasteiger partial charge in [0.1, 0.15) is 5.69 Å². The summed E-state index contributed by atoms with van der Waals surface area (Å²) < 4.78 is 7.88. The van der Waals surface area contributed by atoms with Crippen molar-refractivity contribution in [1.29, 1.82) is 0 Å². The van der Waals surface area contributed by atoms with Crippen molar-refractivity contribution in [2.45, 2.75) is 50.4 Å². The molecule has 4 rings (SSSR count). The number of nitrogens with one attached hydrogen (secondary N) is 1. The van der Waals surface area contributed by atoms with E-state index in [0.29, 0.717) is 17.6 Å².